The Balaban J connectivity index is 2.68. The van der Waals surface area contributed by atoms with E-state index in [0.717, 1.165) is 12.8 Å². The standard InChI is InChI=1S/C9H15NO/c1-6-3-4-8(9(10)11)7(2)5-6/h5,7-8H,3-4H2,1-2H3,(H2,10,11). The third-order valence-corrected chi connectivity index (χ3v) is 2.40. The van der Waals surface area contributed by atoms with Gasteiger partial charge in [0.1, 0.15) is 0 Å². The molecule has 0 saturated heterocycles. The maximum atomic E-state index is 10.9. The summed E-state index contributed by atoms with van der Waals surface area (Å²) < 4.78 is 0. The Morgan fingerprint density at radius 3 is 2.82 bits per heavy atom. The Morgan fingerprint density at radius 2 is 2.36 bits per heavy atom. The molecule has 0 saturated carbocycles. The molecule has 62 valence electrons. The van der Waals surface area contributed by atoms with Crippen LogP contribution in [0.25, 0.3) is 0 Å². The number of amides is 1. The van der Waals surface area contributed by atoms with E-state index in [1.165, 1.54) is 5.57 Å². The summed E-state index contributed by atoms with van der Waals surface area (Å²) in [7, 11) is 0. The molecule has 1 aliphatic carbocycles. The number of allylic oxidation sites excluding steroid dienone is 2. The molecule has 2 unspecified atom stereocenters. The summed E-state index contributed by atoms with van der Waals surface area (Å²) in [5, 5.41) is 0. The largest absolute Gasteiger partial charge is 0.369 e. The van der Waals surface area contributed by atoms with E-state index in [-0.39, 0.29) is 11.8 Å². The molecule has 0 radical (unpaired) electrons. The molecule has 0 aromatic carbocycles. The molecule has 2 nitrogen and oxygen atoms in total. The number of hydrogen-bond donors (Lipinski definition) is 1. The Kier molecular flexibility index (Phi) is 2.32. The molecule has 1 amide bonds. The molecule has 0 aliphatic heterocycles. The van der Waals surface area contributed by atoms with Crippen LogP contribution in [0.3, 0.4) is 0 Å². The second-order valence-electron chi connectivity index (χ2n) is 3.42. The summed E-state index contributed by atoms with van der Waals surface area (Å²) in [6.07, 6.45) is 4.11. The van der Waals surface area contributed by atoms with Gasteiger partial charge in [-0.1, -0.05) is 18.6 Å². The number of primary amides is 1. The van der Waals surface area contributed by atoms with Crippen LogP contribution in [0.1, 0.15) is 26.7 Å². The van der Waals surface area contributed by atoms with Gasteiger partial charge in [-0.05, 0) is 25.7 Å². The minimum Gasteiger partial charge on any atom is -0.369 e. The second kappa shape index (κ2) is 3.07. The molecule has 0 bridgehead atoms. The summed E-state index contributed by atoms with van der Waals surface area (Å²) >= 11 is 0. The van der Waals surface area contributed by atoms with Gasteiger partial charge in [0.25, 0.3) is 0 Å². The Morgan fingerprint density at radius 1 is 1.73 bits per heavy atom. The molecular weight excluding hydrogens is 138 g/mol. The lowest BCUT2D eigenvalue weighted by molar-refractivity contribution is -0.123. The van der Waals surface area contributed by atoms with Crippen LogP contribution in [0, 0.1) is 11.8 Å². The highest BCUT2D eigenvalue weighted by atomic mass is 16.1. The van der Waals surface area contributed by atoms with Gasteiger partial charge in [0.15, 0.2) is 0 Å². The van der Waals surface area contributed by atoms with Crippen LogP contribution < -0.4 is 5.73 Å². The average Bonchev–Trinajstić information content (AvgIpc) is 1.85. The first-order chi connectivity index (χ1) is 5.11. The average molecular weight is 153 g/mol. The minimum atomic E-state index is -0.152. The van der Waals surface area contributed by atoms with Crippen molar-refractivity contribution in [1.29, 1.82) is 0 Å². The lowest BCUT2D eigenvalue weighted by atomic mass is 9.82. The van der Waals surface area contributed by atoms with E-state index >= 15 is 0 Å². The van der Waals surface area contributed by atoms with E-state index in [1.807, 2.05) is 0 Å². The van der Waals surface area contributed by atoms with Crippen LogP contribution in [0.2, 0.25) is 0 Å². The monoisotopic (exact) mass is 153 g/mol. The molecule has 0 heterocycles. The number of carbonyl (C=O) groups is 1. The summed E-state index contributed by atoms with van der Waals surface area (Å²) in [5.41, 5.74) is 6.62. The molecule has 1 aliphatic rings. The Bertz CT molecular complexity index is 196. The zero-order valence-electron chi connectivity index (χ0n) is 7.13. The van der Waals surface area contributed by atoms with Gasteiger partial charge in [-0.3, -0.25) is 4.79 Å². The van der Waals surface area contributed by atoms with Crippen LogP contribution in [-0.4, -0.2) is 5.91 Å². The van der Waals surface area contributed by atoms with Crippen molar-refractivity contribution in [2.24, 2.45) is 17.6 Å². The van der Waals surface area contributed by atoms with Crippen molar-refractivity contribution in [3.8, 4) is 0 Å². The normalized spacial score (nSPS) is 31.3. The number of nitrogens with two attached hydrogens (primary N) is 1. The van der Waals surface area contributed by atoms with Crippen molar-refractivity contribution in [2.45, 2.75) is 26.7 Å². The summed E-state index contributed by atoms with van der Waals surface area (Å²) in [4.78, 5) is 10.9. The fourth-order valence-corrected chi connectivity index (χ4v) is 1.70. The van der Waals surface area contributed by atoms with E-state index in [4.69, 9.17) is 5.73 Å². The quantitative estimate of drug-likeness (QED) is 0.569. The predicted molar refractivity (Wildman–Crippen MR) is 44.8 cm³/mol. The highest BCUT2D eigenvalue weighted by molar-refractivity contribution is 5.77. The van der Waals surface area contributed by atoms with Crippen molar-refractivity contribution >= 4 is 5.91 Å². The minimum absolute atomic E-state index is 0.0682. The Hall–Kier alpha value is -0.790. The van der Waals surface area contributed by atoms with Crippen molar-refractivity contribution in [1.82, 2.24) is 0 Å². The maximum absolute atomic E-state index is 10.9. The third kappa shape index (κ3) is 1.82. The van der Waals surface area contributed by atoms with Gasteiger partial charge in [0.05, 0.1) is 0 Å². The number of hydrogen-bond acceptors (Lipinski definition) is 1. The van der Waals surface area contributed by atoms with Crippen LogP contribution in [0.5, 0.6) is 0 Å². The molecule has 1 rings (SSSR count). The van der Waals surface area contributed by atoms with Gasteiger partial charge in [-0.25, -0.2) is 0 Å². The van der Waals surface area contributed by atoms with E-state index in [1.54, 1.807) is 0 Å². The van der Waals surface area contributed by atoms with Crippen molar-refractivity contribution in [3.63, 3.8) is 0 Å². The first kappa shape index (κ1) is 8.31. The smallest absolute Gasteiger partial charge is 0.221 e. The summed E-state index contributed by atoms with van der Waals surface area (Å²) in [5.74, 6) is 0.251. The topological polar surface area (TPSA) is 43.1 Å². The molecule has 2 N–H and O–H groups in total. The highest BCUT2D eigenvalue weighted by Crippen LogP contribution is 2.27. The van der Waals surface area contributed by atoms with Gasteiger partial charge in [-0.2, -0.15) is 0 Å². The predicted octanol–water partition coefficient (Wildman–Crippen LogP) is 1.46. The molecular formula is C9H15NO. The lowest BCUT2D eigenvalue weighted by Crippen LogP contribution is -2.29. The SMILES string of the molecule is CC1=CC(C)C(C(N)=O)CC1. The number of carbonyl (C=O) groups excluding carboxylic acids is 1. The van der Waals surface area contributed by atoms with E-state index in [0.29, 0.717) is 5.92 Å². The van der Waals surface area contributed by atoms with Crippen LogP contribution in [0.15, 0.2) is 11.6 Å². The van der Waals surface area contributed by atoms with E-state index < -0.39 is 0 Å². The van der Waals surface area contributed by atoms with Gasteiger partial charge >= 0.3 is 0 Å². The fraction of sp³-hybridized carbons (Fsp3) is 0.667. The zero-order valence-corrected chi connectivity index (χ0v) is 7.13. The Labute approximate surface area is 67.5 Å². The molecule has 0 fully saturated rings. The highest BCUT2D eigenvalue weighted by Gasteiger charge is 2.24. The van der Waals surface area contributed by atoms with Gasteiger partial charge in [0.2, 0.25) is 5.91 Å². The third-order valence-electron chi connectivity index (χ3n) is 2.40. The van der Waals surface area contributed by atoms with E-state index in [2.05, 4.69) is 19.9 Å². The zero-order chi connectivity index (χ0) is 8.43. The van der Waals surface area contributed by atoms with Crippen molar-refractivity contribution in [2.75, 3.05) is 0 Å². The molecule has 0 aromatic rings. The van der Waals surface area contributed by atoms with Crippen LogP contribution in [-0.2, 0) is 4.79 Å². The number of rotatable bonds is 1. The molecule has 0 aromatic heterocycles. The first-order valence-corrected chi connectivity index (χ1v) is 4.08. The van der Waals surface area contributed by atoms with Gasteiger partial charge in [0, 0.05) is 5.92 Å². The van der Waals surface area contributed by atoms with Crippen molar-refractivity contribution in [3.05, 3.63) is 11.6 Å². The second-order valence-corrected chi connectivity index (χ2v) is 3.42. The van der Waals surface area contributed by atoms with Gasteiger partial charge in [-0.15, -0.1) is 0 Å². The summed E-state index contributed by atoms with van der Waals surface area (Å²) in [6.45, 7) is 4.16. The van der Waals surface area contributed by atoms with Gasteiger partial charge < -0.3 is 5.73 Å². The fourth-order valence-electron chi connectivity index (χ4n) is 1.70. The van der Waals surface area contributed by atoms with Crippen molar-refractivity contribution < 1.29 is 4.79 Å². The molecule has 2 atom stereocenters. The lowest BCUT2D eigenvalue weighted by Gasteiger charge is -2.23. The maximum Gasteiger partial charge on any atom is 0.221 e. The molecule has 2 heteroatoms. The molecule has 11 heavy (non-hydrogen) atoms. The first-order valence-electron chi connectivity index (χ1n) is 4.08. The van der Waals surface area contributed by atoms with Crippen LogP contribution in [0.4, 0.5) is 0 Å². The summed E-state index contributed by atoms with van der Waals surface area (Å²) in [6, 6.07) is 0. The van der Waals surface area contributed by atoms with Crippen LogP contribution >= 0.6 is 0 Å². The molecule has 0 spiro atoms. The van der Waals surface area contributed by atoms with E-state index in [9.17, 15) is 4.79 Å².